The van der Waals surface area contributed by atoms with Crippen LogP contribution < -0.4 is 10.6 Å². The molecule has 31 heavy (non-hydrogen) atoms. The van der Waals surface area contributed by atoms with Gasteiger partial charge in [0.1, 0.15) is 11.5 Å². The molecular formula is C21H19FN6O3. The van der Waals surface area contributed by atoms with Gasteiger partial charge in [-0.15, -0.1) is 0 Å². The Hall–Kier alpha value is -4.08. The summed E-state index contributed by atoms with van der Waals surface area (Å²) in [5, 5.41) is 5.27. The molecule has 0 saturated carbocycles. The summed E-state index contributed by atoms with van der Waals surface area (Å²) in [4.78, 5) is 36.5. The fourth-order valence-corrected chi connectivity index (χ4v) is 2.95. The number of amides is 2. The average molecular weight is 422 g/mol. The number of nitrogens with one attached hydrogen (secondary N) is 2. The molecule has 9 nitrogen and oxygen atoms in total. The van der Waals surface area contributed by atoms with Crippen LogP contribution in [-0.4, -0.2) is 38.7 Å². The second-order valence-corrected chi connectivity index (χ2v) is 7.04. The van der Waals surface area contributed by atoms with Crippen LogP contribution in [0.3, 0.4) is 0 Å². The minimum absolute atomic E-state index is 0.195. The molecule has 158 valence electrons. The molecular weight excluding hydrogens is 403 g/mol. The zero-order chi connectivity index (χ0) is 22.0. The van der Waals surface area contributed by atoms with Gasteiger partial charge in [-0.05, 0) is 38.1 Å². The number of hydrogen-bond donors (Lipinski definition) is 2. The molecule has 0 saturated heterocycles. The SMILES string of the molecule is CC(C)OC(=O)Nc1cnc2nc(-c3cc(NC(=O)C4=CCC=N4)ccc3F)cn2c1. The fourth-order valence-electron chi connectivity index (χ4n) is 2.95. The molecule has 0 aliphatic carbocycles. The lowest BCUT2D eigenvalue weighted by atomic mass is 10.1. The molecule has 3 aromatic rings. The second-order valence-electron chi connectivity index (χ2n) is 7.04. The van der Waals surface area contributed by atoms with Crippen LogP contribution in [0.25, 0.3) is 17.0 Å². The van der Waals surface area contributed by atoms with Gasteiger partial charge in [-0.2, -0.15) is 0 Å². The lowest BCUT2D eigenvalue weighted by Gasteiger charge is -2.09. The van der Waals surface area contributed by atoms with Crippen LogP contribution in [-0.2, 0) is 9.53 Å². The molecule has 2 aromatic heterocycles. The van der Waals surface area contributed by atoms with E-state index in [4.69, 9.17) is 4.74 Å². The minimum Gasteiger partial charge on any atom is -0.447 e. The summed E-state index contributed by atoms with van der Waals surface area (Å²) in [5.41, 5.74) is 1.64. The highest BCUT2D eigenvalue weighted by Gasteiger charge is 2.15. The molecule has 0 atom stereocenters. The standard InChI is InChI=1S/C21H19FN6O3/c1-12(2)31-21(30)26-14-9-24-20-27-18(11-28(20)10-14)15-8-13(5-6-16(15)22)25-19(29)17-4-3-7-23-17/h4-12H,3H2,1-2H3,(H,25,29)(H,26,30). The third kappa shape index (κ3) is 4.58. The van der Waals surface area contributed by atoms with E-state index < -0.39 is 11.9 Å². The third-order valence-corrected chi connectivity index (χ3v) is 4.28. The number of allylic oxidation sites excluding steroid dienone is 1. The summed E-state index contributed by atoms with van der Waals surface area (Å²) in [6.07, 6.45) is 7.69. The van der Waals surface area contributed by atoms with E-state index in [0.29, 0.717) is 35.0 Å². The van der Waals surface area contributed by atoms with Crippen LogP contribution in [0.2, 0.25) is 0 Å². The molecule has 0 unspecified atom stereocenters. The maximum absolute atomic E-state index is 14.5. The highest BCUT2D eigenvalue weighted by molar-refractivity contribution is 6.05. The van der Waals surface area contributed by atoms with Gasteiger partial charge in [-0.3, -0.25) is 19.5 Å². The minimum atomic E-state index is -0.604. The van der Waals surface area contributed by atoms with Crippen molar-refractivity contribution in [3.63, 3.8) is 0 Å². The molecule has 0 radical (unpaired) electrons. The van der Waals surface area contributed by atoms with Gasteiger partial charge in [0, 0.05) is 36.3 Å². The average Bonchev–Trinajstić information content (AvgIpc) is 3.38. The van der Waals surface area contributed by atoms with E-state index >= 15 is 0 Å². The molecule has 0 fully saturated rings. The van der Waals surface area contributed by atoms with Crippen molar-refractivity contribution in [3.8, 4) is 11.3 Å². The van der Waals surface area contributed by atoms with Crippen molar-refractivity contribution in [3.05, 3.63) is 54.4 Å². The number of fused-ring (bicyclic) bond motifs is 1. The van der Waals surface area contributed by atoms with Gasteiger partial charge in [0.05, 0.1) is 23.7 Å². The van der Waals surface area contributed by atoms with E-state index in [1.54, 1.807) is 42.9 Å². The normalized spacial score (nSPS) is 12.8. The van der Waals surface area contributed by atoms with Gasteiger partial charge < -0.3 is 10.1 Å². The predicted molar refractivity (Wildman–Crippen MR) is 113 cm³/mol. The van der Waals surface area contributed by atoms with Gasteiger partial charge in [0.2, 0.25) is 5.78 Å². The second kappa shape index (κ2) is 8.34. The summed E-state index contributed by atoms with van der Waals surface area (Å²) in [7, 11) is 0. The number of ether oxygens (including phenoxy) is 1. The molecule has 0 bridgehead atoms. The molecule has 3 heterocycles. The Morgan fingerprint density at radius 2 is 2.03 bits per heavy atom. The molecule has 2 N–H and O–H groups in total. The van der Waals surface area contributed by atoms with Crippen LogP contribution in [0.4, 0.5) is 20.6 Å². The predicted octanol–water partition coefficient (Wildman–Crippen LogP) is 3.79. The lowest BCUT2D eigenvalue weighted by Crippen LogP contribution is -2.18. The van der Waals surface area contributed by atoms with Crippen molar-refractivity contribution in [2.24, 2.45) is 4.99 Å². The summed E-state index contributed by atoms with van der Waals surface area (Å²) in [6, 6.07) is 4.21. The van der Waals surface area contributed by atoms with Crippen LogP contribution >= 0.6 is 0 Å². The van der Waals surface area contributed by atoms with Crippen LogP contribution in [0.1, 0.15) is 20.3 Å². The molecule has 10 heteroatoms. The first-order valence-corrected chi connectivity index (χ1v) is 9.55. The number of aliphatic imine (C=N–C) groups is 1. The van der Waals surface area contributed by atoms with Crippen molar-refractivity contribution in [2.75, 3.05) is 10.6 Å². The van der Waals surface area contributed by atoms with E-state index in [9.17, 15) is 14.0 Å². The van der Waals surface area contributed by atoms with Crippen molar-refractivity contribution in [1.29, 1.82) is 0 Å². The van der Waals surface area contributed by atoms with E-state index in [1.165, 1.54) is 24.4 Å². The highest BCUT2D eigenvalue weighted by atomic mass is 19.1. The Morgan fingerprint density at radius 3 is 2.77 bits per heavy atom. The van der Waals surface area contributed by atoms with Gasteiger partial charge in [-0.1, -0.05) is 0 Å². The smallest absolute Gasteiger partial charge is 0.411 e. The first-order chi connectivity index (χ1) is 14.9. The zero-order valence-corrected chi connectivity index (χ0v) is 16.8. The molecule has 1 aliphatic rings. The topological polar surface area (TPSA) is 110 Å². The van der Waals surface area contributed by atoms with Crippen molar-refractivity contribution in [2.45, 2.75) is 26.4 Å². The highest BCUT2D eigenvalue weighted by Crippen LogP contribution is 2.26. The van der Waals surface area contributed by atoms with Gasteiger partial charge in [0.25, 0.3) is 5.91 Å². The van der Waals surface area contributed by atoms with Crippen molar-refractivity contribution >= 4 is 35.4 Å². The van der Waals surface area contributed by atoms with Gasteiger partial charge in [0.15, 0.2) is 0 Å². The van der Waals surface area contributed by atoms with Crippen molar-refractivity contribution in [1.82, 2.24) is 14.4 Å². The third-order valence-electron chi connectivity index (χ3n) is 4.28. The number of rotatable bonds is 5. The summed E-state index contributed by atoms with van der Waals surface area (Å²) < 4.78 is 21.1. The Labute approximate surface area is 176 Å². The van der Waals surface area contributed by atoms with Gasteiger partial charge in [-0.25, -0.2) is 19.2 Å². The number of nitrogens with zero attached hydrogens (tertiary/aromatic N) is 4. The van der Waals surface area contributed by atoms with Crippen LogP contribution in [0.15, 0.2) is 53.6 Å². The molecule has 1 aliphatic heterocycles. The van der Waals surface area contributed by atoms with E-state index in [1.807, 2.05) is 0 Å². The van der Waals surface area contributed by atoms with E-state index in [2.05, 4.69) is 25.6 Å². The number of benzene rings is 1. The fraction of sp³-hybridized carbons (Fsp3) is 0.190. The van der Waals surface area contributed by atoms with Crippen LogP contribution in [0, 0.1) is 5.82 Å². The largest absolute Gasteiger partial charge is 0.447 e. The Bertz CT molecular complexity index is 1230. The number of anilines is 2. The Morgan fingerprint density at radius 1 is 1.19 bits per heavy atom. The maximum atomic E-state index is 14.5. The summed E-state index contributed by atoms with van der Waals surface area (Å²) in [5.74, 6) is -0.553. The number of imidazole rings is 1. The maximum Gasteiger partial charge on any atom is 0.411 e. The number of carbonyl (C=O) groups excluding carboxylic acids is 2. The lowest BCUT2D eigenvalue weighted by molar-refractivity contribution is -0.112. The number of halogens is 1. The number of aromatic nitrogens is 3. The Kier molecular flexibility index (Phi) is 5.44. The number of carbonyl (C=O) groups is 2. The molecule has 0 spiro atoms. The molecule has 4 rings (SSSR count). The quantitative estimate of drug-likeness (QED) is 0.650. The molecule has 1 aromatic carbocycles. The summed E-state index contributed by atoms with van der Waals surface area (Å²) >= 11 is 0. The zero-order valence-electron chi connectivity index (χ0n) is 16.8. The van der Waals surface area contributed by atoms with Crippen molar-refractivity contribution < 1.29 is 18.7 Å². The van der Waals surface area contributed by atoms with E-state index in [0.717, 1.165) is 0 Å². The van der Waals surface area contributed by atoms with Gasteiger partial charge >= 0.3 is 6.09 Å². The van der Waals surface area contributed by atoms with Crippen LogP contribution in [0.5, 0.6) is 0 Å². The first-order valence-electron chi connectivity index (χ1n) is 9.55. The van der Waals surface area contributed by atoms with E-state index in [-0.39, 0.29) is 17.6 Å². The Balaban J connectivity index is 1.58. The number of hydrogen-bond acceptors (Lipinski definition) is 6. The monoisotopic (exact) mass is 422 g/mol. The summed E-state index contributed by atoms with van der Waals surface area (Å²) in [6.45, 7) is 3.48. The molecule has 2 amide bonds. The first kappa shape index (κ1) is 20.2.